The minimum Gasteiger partial charge on any atom is -0.380 e. The van der Waals surface area contributed by atoms with Gasteiger partial charge in [-0.3, -0.25) is 10.6 Å². The quantitative estimate of drug-likeness (QED) is 0.344. The molecule has 0 saturated carbocycles. The number of aliphatic hydroxyl groups excluding tert-OH is 2. The first-order valence-electron chi connectivity index (χ1n) is 4.85. The van der Waals surface area contributed by atoms with Gasteiger partial charge in [-0.05, 0) is 6.42 Å². The van der Waals surface area contributed by atoms with E-state index in [4.69, 9.17) is 10.2 Å². The van der Waals surface area contributed by atoms with Crippen LogP contribution in [0.25, 0.3) is 0 Å². The van der Waals surface area contributed by atoms with E-state index >= 15 is 0 Å². The molecule has 0 atom stereocenters. The van der Waals surface area contributed by atoms with Gasteiger partial charge in [0.05, 0.1) is 6.17 Å². The average molecular weight is 290 g/mol. The number of sulfone groups is 2. The minimum absolute atomic E-state index is 0.446. The fourth-order valence-electron chi connectivity index (χ4n) is 0.907. The minimum atomic E-state index is -3.58. The highest BCUT2D eigenvalue weighted by molar-refractivity contribution is 7.91. The molecule has 0 heterocycles. The number of aliphatic hydroxyl groups is 2. The Kier molecular flexibility index (Phi) is 7.13. The normalized spacial score (nSPS) is 13.2. The Morgan fingerprint density at radius 3 is 1.53 bits per heavy atom. The van der Waals surface area contributed by atoms with Crippen LogP contribution in [0.1, 0.15) is 13.3 Å². The predicted octanol–water partition coefficient (Wildman–Crippen LogP) is -2.45. The fraction of sp³-hybridized carbons (Fsp3) is 1.00. The van der Waals surface area contributed by atoms with Gasteiger partial charge in [-0.2, -0.15) is 0 Å². The topological polar surface area (TPSA) is 133 Å². The molecule has 0 amide bonds. The third-order valence-electron chi connectivity index (χ3n) is 1.90. The Hall–Kier alpha value is -0.260. The summed E-state index contributed by atoms with van der Waals surface area (Å²) in [6, 6.07) is 0. The zero-order chi connectivity index (χ0) is 13.5. The van der Waals surface area contributed by atoms with Crippen molar-refractivity contribution < 1.29 is 27.0 Å². The number of hydrogen-bond donors (Lipinski definition) is 4. The van der Waals surface area contributed by atoms with Gasteiger partial charge in [-0.1, -0.05) is 6.92 Å². The molecule has 0 fully saturated rings. The van der Waals surface area contributed by atoms with Crippen molar-refractivity contribution >= 4 is 19.7 Å². The van der Waals surface area contributed by atoms with Crippen LogP contribution in [-0.2, 0) is 19.7 Å². The van der Waals surface area contributed by atoms with Crippen molar-refractivity contribution in [1.29, 1.82) is 0 Å². The van der Waals surface area contributed by atoms with E-state index in [9.17, 15) is 16.8 Å². The lowest BCUT2D eigenvalue weighted by molar-refractivity contribution is 0.353. The lowest BCUT2D eigenvalue weighted by Crippen LogP contribution is -2.46. The van der Waals surface area contributed by atoms with Crippen molar-refractivity contribution in [3.8, 4) is 0 Å². The van der Waals surface area contributed by atoms with Crippen molar-refractivity contribution in [3.63, 3.8) is 0 Å². The molecule has 0 bridgehead atoms. The van der Waals surface area contributed by atoms with Gasteiger partial charge >= 0.3 is 0 Å². The molecule has 4 N–H and O–H groups in total. The first-order valence-corrected chi connectivity index (χ1v) is 8.50. The van der Waals surface area contributed by atoms with Gasteiger partial charge in [0.25, 0.3) is 0 Å². The molecule has 0 aromatic rings. The van der Waals surface area contributed by atoms with Crippen LogP contribution in [0.4, 0.5) is 0 Å². The predicted molar refractivity (Wildman–Crippen MR) is 62.1 cm³/mol. The van der Waals surface area contributed by atoms with E-state index in [2.05, 4.69) is 10.6 Å². The van der Waals surface area contributed by atoms with Crippen LogP contribution in [0.2, 0.25) is 0 Å². The Morgan fingerprint density at radius 2 is 1.29 bits per heavy atom. The number of hydrogen-bond acceptors (Lipinski definition) is 8. The van der Waals surface area contributed by atoms with Gasteiger partial charge in [-0.25, -0.2) is 16.8 Å². The standard InChI is InChI=1S/C7H18N2O6S2/c1-2-7(8-3-16(12,13)5-10)9-4-17(14,15)6-11/h7-11H,2-6H2,1H3. The van der Waals surface area contributed by atoms with Crippen LogP contribution in [0, 0.1) is 0 Å². The molecule has 0 saturated heterocycles. The second kappa shape index (κ2) is 7.24. The van der Waals surface area contributed by atoms with E-state index in [1.54, 1.807) is 6.92 Å². The molecular formula is C7H18N2O6S2. The van der Waals surface area contributed by atoms with E-state index in [1.165, 1.54) is 0 Å². The van der Waals surface area contributed by atoms with Crippen LogP contribution in [0.3, 0.4) is 0 Å². The summed E-state index contributed by atoms with van der Waals surface area (Å²) in [6.07, 6.45) is -0.0836. The van der Waals surface area contributed by atoms with Crippen molar-refractivity contribution in [2.75, 3.05) is 23.6 Å². The summed E-state index contributed by atoms with van der Waals surface area (Å²) in [5.74, 6) is -2.83. The lowest BCUT2D eigenvalue weighted by atomic mass is 10.4. The summed E-state index contributed by atoms with van der Waals surface area (Å²) in [4.78, 5) is 0. The third-order valence-corrected chi connectivity index (χ3v) is 3.90. The zero-order valence-corrected chi connectivity index (χ0v) is 11.1. The highest BCUT2D eigenvalue weighted by Crippen LogP contribution is 1.92. The van der Waals surface area contributed by atoms with Crippen molar-refractivity contribution in [3.05, 3.63) is 0 Å². The van der Waals surface area contributed by atoms with Gasteiger partial charge in [0.2, 0.25) is 0 Å². The summed E-state index contributed by atoms with van der Waals surface area (Å²) in [7, 11) is -7.16. The molecule has 0 spiro atoms. The third kappa shape index (κ3) is 7.63. The van der Waals surface area contributed by atoms with E-state index in [1.807, 2.05) is 0 Å². The van der Waals surface area contributed by atoms with Crippen LogP contribution >= 0.6 is 0 Å². The summed E-state index contributed by atoms with van der Waals surface area (Å²) < 4.78 is 43.9. The second-order valence-electron chi connectivity index (χ2n) is 3.40. The second-order valence-corrected chi connectivity index (χ2v) is 7.47. The van der Waals surface area contributed by atoms with Crippen LogP contribution in [0.5, 0.6) is 0 Å². The molecule has 0 aromatic carbocycles. The average Bonchev–Trinajstić information content (AvgIpc) is 2.29. The van der Waals surface area contributed by atoms with Crippen LogP contribution in [0.15, 0.2) is 0 Å². The number of rotatable bonds is 9. The molecule has 0 radical (unpaired) electrons. The summed E-state index contributed by atoms with van der Waals surface area (Å²) >= 11 is 0. The largest absolute Gasteiger partial charge is 0.380 e. The van der Waals surface area contributed by atoms with Gasteiger partial charge in [-0.15, -0.1) is 0 Å². The smallest absolute Gasteiger partial charge is 0.186 e. The molecule has 10 heteroatoms. The monoisotopic (exact) mass is 290 g/mol. The Balaban J connectivity index is 4.19. The molecule has 104 valence electrons. The highest BCUT2D eigenvalue weighted by atomic mass is 32.2. The summed E-state index contributed by atoms with van der Waals surface area (Å²) in [5.41, 5.74) is 0. The van der Waals surface area contributed by atoms with Gasteiger partial charge < -0.3 is 10.2 Å². The molecule has 0 aliphatic heterocycles. The van der Waals surface area contributed by atoms with Gasteiger partial charge in [0.1, 0.15) is 23.6 Å². The molecule has 17 heavy (non-hydrogen) atoms. The van der Waals surface area contributed by atoms with Crippen molar-refractivity contribution in [1.82, 2.24) is 10.6 Å². The summed E-state index contributed by atoms with van der Waals surface area (Å²) in [5, 5.41) is 22.1. The van der Waals surface area contributed by atoms with Gasteiger partial charge in [0, 0.05) is 0 Å². The maximum Gasteiger partial charge on any atom is 0.186 e. The molecule has 0 rings (SSSR count). The van der Waals surface area contributed by atoms with Gasteiger partial charge in [0.15, 0.2) is 19.7 Å². The van der Waals surface area contributed by atoms with Crippen LogP contribution < -0.4 is 10.6 Å². The molecule has 0 aliphatic rings. The van der Waals surface area contributed by atoms with E-state index in [-0.39, 0.29) is 0 Å². The molecule has 0 aliphatic carbocycles. The molecule has 8 nitrogen and oxygen atoms in total. The Morgan fingerprint density at radius 1 is 0.941 bits per heavy atom. The Bertz CT molecular complexity index is 366. The lowest BCUT2D eigenvalue weighted by Gasteiger charge is -2.18. The molecule has 0 aromatic heterocycles. The number of nitrogens with one attached hydrogen (secondary N) is 2. The van der Waals surface area contributed by atoms with E-state index in [0.29, 0.717) is 6.42 Å². The first-order chi connectivity index (χ1) is 7.76. The van der Waals surface area contributed by atoms with E-state index < -0.39 is 49.5 Å². The first kappa shape index (κ1) is 16.7. The maximum absolute atomic E-state index is 11.0. The zero-order valence-electron chi connectivity index (χ0n) is 9.46. The van der Waals surface area contributed by atoms with Crippen molar-refractivity contribution in [2.24, 2.45) is 0 Å². The SMILES string of the molecule is CCC(NCS(=O)(=O)CO)NCS(=O)(=O)CO. The fourth-order valence-corrected chi connectivity index (χ4v) is 2.00. The highest BCUT2D eigenvalue weighted by Gasteiger charge is 2.15. The maximum atomic E-state index is 11.0. The molecule has 0 unspecified atom stereocenters. The van der Waals surface area contributed by atoms with E-state index in [0.717, 1.165) is 0 Å². The Labute approximate surface area is 101 Å². The molecular weight excluding hydrogens is 272 g/mol. The summed E-state index contributed by atoms with van der Waals surface area (Å²) in [6.45, 7) is 1.72. The van der Waals surface area contributed by atoms with Crippen molar-refractivity contribution in [2.45, 2.75) is 19.5 Å². The van der Waals surface area contributed by atoms with Crippen LogP contribution in [-0.4, -0.2) is 56.8 Å².